The molecule has 0 saturated carbocycles. The highest BCUT2D eigenvalue weighted by molar-refractivity contribution is 7.99. The molecule has 0 saturated heterocycles. The van der Waals surface area contributed by atoms with Gasteiger partial charge >= 0.3 is 0 Å². The van der Waals surface area contributed by atoms with E-state index in [1.165, 1.54) is 11.8 Å². The summed E-state index contributed by atoms with van der Waals surface area (Å²) >= 11 is 1.41. The number of fused-ring (bicyclic) bond motifs is 2. The van der Waals surface area contributed by atoms with Crippen LogP contribution in [0.15, 0.2) is 70.7 Å². The number of carbonyl (C=O) groups is 2. The summed E-state index contributed by atoms with van der Waals surface area (Å²) in [7, 11) is 1.59. The molecule has 2 aromatic carbocycles. The van der Waals surface area contributed by atoms with E-state index in [0.29, 0.717) is 28.6 Å². The summed E-state index contributed by atoms with van der Waals surface area (Å²) in [5, 5.41) is 3.50. The Balaban J connectivity index is 1.49. The van der Waals surface area contributed by atoms with E-state index >= 15 is 0 Å². The smallest absolute Gasteiger partial charge is 0.262 e. The SMILES string of the molecule is CCN1C(=O)c2cccnc2Sc2cc(NC(=O)COc3ccc(OC)cc3)ccc21. The first-order valence-corrected chi connectivity index (χ1v) is 10.6. The molecule has 31 heavy (non-hydrogen) atoms. The zero-order valence-corrected chi connectivity index (χ0v) is 17.9. The van der Waals surface area contributed by atoms with E-state index in [1.54, 1.807) is 60.7 Å². The van der Waals surface area contributed by atoms with Crippen molar-refractivity contribution in [3.63, 3.8) is 0 Å². The van der Waals surface area contributed by atoms with Crippen LogP contribution < -0.4 is 19.7 Å². The van der Waals surface area contributed by atoms with Crippen LogP contribution in [0.5, 0.6) is 11.5 Å². The summed E-state index contributed by atoms with van der Waals surface area (Å²) in [6, 6.07) is 16.0. The fourth-order valence-electron chi connectivity index (χ4n) is 3.22. The molecule has 0 atom stereocenters. The van der Waals surface area contributed by atoms with Gasteiger partial charge in [0.05, 0.1) is 18.4 Å². The van der Waals surface area contributed by atoms with Crippen LogP contribution in [0.25, 0.3) is 0 Å². The number of benzene rings is 2. The van der Waals surface area contributed by atoms with Crippen LogP contribution in [0.3, 0.4) is 0 Å². The van der Waals surface area contributed by atoms with Crippen LogP contribution in [0, 0.1) is 0 Å². The lowest BCUT2D eigenvalue weighted by Gasteiger charge is -2.21. The van der Waals surface area contributed by atoms with Gasteiger partial charge < -0.3 is 19.7 Å². The zero-order chi connectivity index (χ0) is 21.8. The van der Waals surface area contributed by atoms with E-state index in [0.717, 1.165) is 16.3 Å². The molecule has 0 aliphatic carbocycles. The number of methoxy groups -OCH3 is 1. The third-order valence-corrected chi connectivity index (χ3v) is 5.80. The predicted octanol–water partition coefficient (Wildman–Crippen LogP) is 4.24. The monoisotopic (exact) mass is 435 g/mol. The van der Waals surface area contributed by atoms with Crippen LogP contribution in [-0.4, -0.2) is 37.1 Å². The molecule has 1 N–H and O–H groups in total. The average molecular weight is 436 g/mol. The minimum Gasteiger partial charge on any atom is -0.497 e. The van der Waals surface area contributed by atoms with E-state index in [9.17, 15) is 9.59 Å². The molecule has 1 aliphatic rings. The molecular formula is C23H21N3O4S. The third-order valence-electron chi connectivity index (χ3n) is 4.73. The largest absolute Gasteiger partial charge is 0.497 e. The summed E-state index contributed by atoms with van der Waals surface area (Å²) in [4.78, 5) is 32.2. The lowest BCUT2D eigenvalue weighted by molar-refractivity contribution is -0.118. The van der Waals surface area contributed by atoms with Crippen LogP contribution in [0.1, 0.15) is 17.3 Å². The van der Waals surface area contributed by atoms with Gasteiger partial charge in [0.2, 0.25) is 0 Å². The number of ether oxygens (including phenoxy) is 2. The van der Waals surface area contributed by atoms with Gasteiger partial charge in [-0.3, -0.25) is 9.59 Å². The number of pyridine rings is 1. The second kappa shape index (κ2) is 9.09. The first-order valence-electron chi connectivity index (χ1n) is 9.74. The lowest BCUT2D eigenvalue weighted by atomic mass is 10.2. The minimum atomic E-state index is -0.281. The van der Waals surface area contributed by atoms with E-state index < -0.39 is 0 Å². The third kappa shape index (κ3) is 4.49. The van der Waals surface area contributed by atoms with Crippen LogP contribution in [0.2, 0.25) is 0 Å². The number of amides is 2. The van der Waals surface area contributed by atoms with Crippen molar-refractivity contribution < 1.29 is 19.1 Å². The van der Waals surface area contributed by atoms with Crippen molar-refractivity contribution in [3.05, 3.63) is 66.4 Å². The summed E-state index contributed by atoms with van der Waals surface area (Å²) in [5.74, 6) is 0.932. The van der Waals surface area contributed by atoms with Crippen molar-refractivity contribution in [3.8, 4) is 11.5 Å². The highest BCUT2D eigenvalue weighted by Crippen LogP contribution is 2.41. The highest BCUT2D eigenvalue weighted by Gasteiger charge is 2.27. The van der Waals surface area contributed by atoms with Gasteiger partial charge in [0.15, 0.2) is 6.61 Å². The van der Waals surface area contributed by atoms with Crippen molar-refractivity contribution in [2.24, 2.45) is 0 Å². The number of nitrogens with zero attached hydrogens (tertiary/aromatic N) is 2. The van der Waals surface area contributed by atoms with E-state index in [-0.39, 0.29) is 18.4 Å². The molecule has 2 heterocycles. The maximum atomic E-state index is 12.9. The second-order valence-corrected chi connectivity index (χ2v) is 7.73. The Morgan fingerprint density at radius 1 is 1.13 bits per heavy atom. The zero-order valence-electron chi connectivity index (χ0n) is 17.1. The highest BCUT2D eigenvalue weighted by atomic mass is 32.2. The fourth-order valence-corrected chi connectivity index (χ4v) is 4.28. The average Bonchev–Trinajstić information content (AvgIpc) is 2.91. The fraction of sp³-hybridized carbons (Fsp3) is 0.174. The topological polar surface area (TPSA) is 80.8 Å². The molecule has 158 valence electrons. The van der Waals surface area contributed by atoms with Gasteiger partial charge in [0, 0.05) is 23.3 Å². The number of carbonyl (C=O) groups excluding carboxylic acids is 2. The molecule has 0 bridgehead atoms. The Morgan fingerprint density at radius 3 is 2.65 bits per heavy atom. The second-order valence-electron chi connectivity index (χ2n) is 6.70. The number of rotatable bonds is 6. The Bertz CT molecular complexity index is 1120. The molecule has 1 aliphatic heterocycles. The van der Waals surface area contributed by atoms with Gasteiger partial charge in [-0.25, -0.2) is 4.98 Å². The Morgan fingerprint density at radius 2 is 1.90 bits per heavy atom. The summed E-state index contributed by atoms with van der Waals surface area (Å²) in [5.41, 5.74) is 1.99. The predicted molar refractivity (Wildman–Crippen MR) is 119 cm³/mol. The van der Waals surface area contributed by atoms with Gasteiger partial charge in [-0.1, -0.05) is 11.8 Å². The first kappa shape index (κ1) is 20.7. The summed E-state index contributed by atoms with van der Waals surface area (Å²) in [6.07, 6.45) is 1.67. The summed E-state index contributed by atoms with van der Waals surface area (Å²) in [6.45, 7) is 2.34. The number of anilines is 2. The Kier molecular flexibility index (Phi) is 6.08. The van der Waals surface area contributed by atoms with Crippen molar-refractivity contribution in [1.29, 1.82) is 0 Å². The molecule has 4 rings (SSSR count). The molecule has 0 spiro atoms. The van der Waals surface area contributed by atoms with Crippen molar-refractivity contribution in [1.82, 2.24) is 4.98 Å². The van der Waals surface area contributed by atoms with E-state index in [1.807, 2.05) is 19.1 Å². The number of aromatic nitrogens is 1. The van der Waals surface area contributed by atoms with Crippen LogP contribution in [-0.2, 0) is 4.79 Å². The molecular weight excluding hydrogens is 414 g/mol. The van der Waals surface area contributed by atoms with Crippen molar-refractivity contribution in [2.45, 2.75) is 16.8 Å². The minimum absolute atomic E-state index is 0.0819. The van der Waals surface area contributed by atoms with Gasteiger partial charge in [0.25, 0.3) is 11.8 Å². The van der Waals surface area contributed by atoms with Gasteiger partial charge in [0.1, 0.15) is 16.5 Å². The van der Waals surface area contributed by atoms with E-state index in [4.69, 9.17) is 9.47 Å². The molecule has 0 fully saturated rings. The van der Waals surface area contributed by atoms with Gasteiger partial charge in [-0.05, 0) is 61.5 Å². The van der Waals surface area contributed by atoms with Gasteiger partial charge in [-0.2, -0.15) is 0 Å². The molecule has 2 amide bonds. The van der Waals surface area contributed by atoms with E-state index in [2.05, 4.69) is 10.3 Å². The molecule has 8 heteroatoms. The van der Waals surface area contributed by atoms with Gasteiger partial charge in [-0.15, -0.1) is 0 Å². The molecule has 0 radical (unpaired) electrons. The van der Waals surface area contributed by atoms with Crippen molar-refractivity contribution >= 4 is 35.0 Å². The number of hydrogen-bond acceptors (Lipinski definition) is 6. The maximum absolute atomic E-state index is 12.9. The molecule has 1 aromatic heterocycles. The first-order chi connectivity index (χ1) is 15.1. The standard InChI is InChI=1S/C23H21N3O4S/c1-3-26-19-11-6-15(13-20(19)31-22-18(23(26)28)5-4-12-24-22)25-21(27)14-30-17-9-7-16(29-2)8-10-17/h4-13H,3,14H2,1-2H3,(H,25,27). The quantitative estimate of drug-likeness (QED) is 0.624. The number of nitrogens with one attached hydrogen (secondary N) is 1. The summed E-state index contributed by atoms with van der Waals surface area (Å²) < 4.78 is 10.6. The molecule has 7 nitrogen and oxygen atoms in total. The Labute approximate surface area is 184 Å². The van der Waals surface area contributed by atoms with Crippen LogP contribution in [0.4, 0.5) is 11.4 Å². The molecule has 0 unspecified atom stereocenters. The lowest BCUT2D eigenvalue weighted by Crippen LogP contribution is -2.30. The number of hydrogen-bond donors (Lipinski definition) is 1. The van der Waals surface area contributed by atoms with Crippen LogP contribution >= 0.6 is 11.8 Å². The Hall–Kier alpha value is -3.52. The maximum Gasteiger partial charge on any atom is 0.262 e. The molecule has 3 aromatic rings. The van der Waals surface area contributed by atoms with Crippen molar-refractivity contribution in [2.75, 3.05) is 30.5 Å². The normalized spacial score (nSPS) is 12.5.